The average molecular weight is 191 g/mol. The number of nitriles is 1. The maximum atomic E-state index is 13.0. The number of rotatable bonds is 3. The van der Waals surface area contributed by atoms with Crippen molar-refractivity contribution in [3.05, 3.63) is 35.1 Å². The van der Waals surface area contributed by atoms with Gasteiger partial charge in [0.1, 0.15) is 5.82 Å². The first-order valence-corrected chi connectivity index (χ1v) is 4.31. The molecule has 0 aromatic heterocycles. The van der Waals surface area contributed by atoms with E-state index in [0.717, 1.165) is 0 Å². The largest absolute Gasteiger partial charge is 0.294 e. The Morgan fingerprint density at radius 2 is 2.29 bits per heavy atom. The van der Waals surface area contributed by atoms with Crippen LogP contribution in [0.1, 0.15) is 28.8 Å². The summed E-state index contributed by atoms with van der Waals surface area (Å²) in [4.78, 5) is 11.3. The van der Waals surface area contributed by atoms with Crippen LogP contribution in [0.2, 0.25) is 0 Å². The summed E-state index contributed by atoms with van der Waals surface area (Å²) in [6, 6.07) is 6.24. The number of hydrogen-bond acceptors (Lipinski definition) is 2. The number of ketones is 1. The minimum atomic E-state index is -0.382. The highest BCUT2D eigenvalue weighted by Gasteiger charge is 2.07. The van der Waals surface area contributed by atoms with Crippen LogP contribution in [0.4, 0.5) is 4.39 Å². The average Bonchev–Trinajstić information content (AvgIpc) is 2.18. The third kappa shape index (κ3) is 2.40. The number of carbonyl (C=O) groups excluding carboxylic acids is 1. The Hall–Kier alpha value is -1.69. The van der Waals surface area contributed by atoms with Gasteiger partial charge in [0, 0.05) is 18.4 Å². The maximum absolute atomic E-state index is 13.0. The molecule has 0 aliphatic carbocycles. The number of aryl methyl sites for hydroxylation is 1. The third-order valence-corrected chi connectivity index (χ3v) is 1.96. The summed E-state index contributed by atoms with van der Waals surface area (Å²) >= 11 is 0. The fraction of sp³-hybridized carbons (Fsp3) is 0.273. The summed E-state index contributed by atoms with van der Waals surface area (Å²) in [5, 5.41) is 8.28. The molecular weight excluding hydrogens is 181 g/mol. The van der Waals surface area contributed by atoms with Gasteiger partial charge in [-0.1, -0.05) is 12.1 Å². The number of benzene rings is 1. The van der Waals surface area contributed by atoms with Gasteiger partial charge >= 0.3 is 0 Å². The van der Waals surface area contributed by atoms with Crippen molar-refractivity contribution in [2.45, 2.75) is 19.8 Å². The summed E-state index contributed by atoms with van der Waals surface area (Å²) in [7, 11) is 0. The minimum Gasteiger partial charge on any atom is -0.294 e. The Morgan fingerprint density at radius 1 is 1.57 bits per heavy atom. The van der Waals surface area contributed by atoms with Crippen LogP contribution in [0, 0.1) is 24.1 Å². The van der Waals surface area contributed by atoms with Crippen molar-refractivity contribution in [3.63, 3.8) is 0 Å². The number of Topliss-reactive ketones (excluding diaryl/α,β-unsaturated/α-hetero) is 1. The number of carbonyl (C=O) groups is 1. The van der Waals surface area contributed by atoms with E-state index in [0.29, 0.717) is 11.1 Å². The van der Waals surface area contributed by atoms with Gasteiger partial charge in [-0.2, -0.15) is 5.26 Å². The second kappa shape index (κ2) is 4.52. The molecule has 0 aliphatic heterocycles. The Balaban J connectivity index is 2.82. The Kier molecular flexibility index (Phi) is 3.35. The van der Waals surface area contributed by atoms with E-state index in [1.165, 1.54) is 6.07 Å². The van der Waals surface area contributed by atoms with Crippen molar-refractivity contribution in [1.82, 2.24) is 0 Å². The molecule has 1 aromatic rings. The summed E-state index contributed by atoms with van der Waals surface area (Å²) in [6.45, 7) is 1.64. The lowest BCUT2D eigenvalue weighted by Gasteiger charge is -2.00. The quantitative estimate of drug-likeness (QED) is 0.689. The lowest BCUT2D eigenvalue weighted by molar-refractivity contribution is 0.0983. The molecule has 0 bridgehead atoms. The van der Waals surface area contributed by atoms with Gasteiger partial charge in [0.2, 0.25) is 0 Å². The maximum Gasteiger partial charge on any atom is 0.164 e. The Bertz CT molecular complexity index is 393. The first kappa shape index (κ1) is 10.4. The van der Waals surface area contributed by atoms with Crippen molar-refractivity contribution in [2.24, 2.45) is 0 Å². The van der Waals surface area contributed by atoms with Crippen LogP contribution in [-0.4, -0.2) is 5.78 Å². The topological polar surface area (TPSA) is 40.9 Å². The van der Waals surface area contributed by atoms with E-state index >= 15 is 0 Å². The predicted molar refractivity (Wildman–Crippen MR) is 50.3 cm³/mol. The first-order valence-electron chi connectivity index (χ1n) is 4.31. The van der Waals surface area contributed by atoms with Crippen LogP contribution in [0.3, 0.4) is 0 Å². The monoisotopic (exact) mass is 191 g/mol. The molecule has 0 saturated carbocycles. The van der Waals surface area contributed by atoms with Crippen LogP contribution in [0.25, 0.3) is 0 Å². The van der Waals surface area contributed by atoms with E-state index in [2.05, 4.69) is 0 Å². The molecule has 0 saturated heterocycles. The molecule has 2 nitrogen and oxygen atoms in total. The van der Waals surface area contributed by atoms with E-state index < -0.39 is 0 Å². The zero-order valence-electron chi connectivity index (χ0n) is 7.88. The number of halogens is 1. The highest BCUT2D eigenvalue weighted by atomic mass is 19.1. The van der Waals surface area contributed by atoms with Gasteiger partial charge < -0.3 is 0 Å². The zero-order chi connectivity index (χ0) is 10.6. The van der Waals surface area contributed by atoms with Crippen molar-refractivity contribution in [3.8, 4) is 6.07 Å². The van der Waals surface area contributed by atoms with Gasteiger partial charge in [0.05, 0.1) is 6.07 Å². The molecule has 72 valence electrons. The lowest BCUT2D eigenvalue weighted by atomic mass is 10.1. The molecule has 0 spiro atoms. The molecular formula is C11H10FNO. The highest BCUT2D eigenvalue weighted by molar-refractivity contribution is 5.96. The fourth-order valence-corrected chi connectivity index (χ4v) is 1.08. The van der Waals surface area contributed by atoms with E-state index in [1.807, 2.05) is 6.07 Å². The van der Waals surface area contributed by atoms with Gasteiger partial charge in [-0.25, -0.2) is 4.39 Å². The molecule has 0 amide bonds. The highest BCUT2D eigenvalue weighted by Crippen LogP contribution is 2.11. The minimum absolute atomic E-state index is 0.152. The van der Waals surface area contributed by atoms with Crippen molar-refractivity contribution in [2.75, 3.05) is 0 Å². The number of nitrogens with zero attached hydrogens (tertiary/aromatic N) is 1. The first-order chi connectivity index (χ1) is 6.65. The van der Waals surface area contributed by atoms with Crippen LogP contribution in [0.15, 0.2) is 18.2 Å². The summed E-state index contributed by atoms with van der Waals surface area (Å²) < 4.78 is 13.0. The SMILES string of the molecule is Cc1ccc(C(=O)CCC#N)cc1F. The molecule has 14 heavy (non-hydrogen) atoms. The molecule has 1 aromatic carbocycles. The molecule has 0 heterocycles. The van der Waals surface area contributed by atoms with E-state index in [4.69, 9.17) is 5.26 Å². The summed E-state index contributed by atoms with van der Waals surface area (Å²) in [5.74, 6) is -0.571. The van der Waals surface area contributed by atoms with Crippen LogP contribution in [-0.2, 0) is 0 Å². The summed E-state index contributed by atoms with van der Waals surface area (Å²) in [5.41, 5.74) is 0.852. The van der Waals surface area contributed by atoms with Crippen LogP contribution >= 0.6 is 0 Å². The van der Waals surface area contributed by atoms with Gasteiger partial charge in [0.15, 0.2) is 5.78 Å². The van der Waals surface area contributed by atoms with Crippen LogP contribution in [0.5, 0.6) is 0 Å². The van der Waals surface area contributed by atoms with Crippen molar-refractivity contribution >= 4 is 5.78 Å². The Labute approximate surface area is 82.0 Å². The molecule has 0 atom stereocenters. The lowest BCUT2D eigenvalue weighted by Crippen LogP contribution is -1.99. The molecule has 0 aliphatic rings. The zero-order valence-corrected chi connectivity index (χ0v) is 7.88. The molecule has 0 fully saturated rings. The van der Waals surface area contributed by atoms with E-state index in [9.17, 15) is 9.18 Å². The van der Waals surface area contributed by atoms with Crippen LogP contribution < -0.4 is 0 Å². The standard InChI is InChI=1S/C11H10FNO/c1-8-4-5-9(7-10(8)12)11(14)3-2-6-13/h4-5,7H,2-3H2,1H3. The fourth-order valence-electron chi connectivity index (χ4n) is 1.08. The third-order valence-electron chi connectivity index (χ3n) is 1.96. The Morgan fingerprint density at radius 3 is 2.86 bits per heavy atom. The molecule has 0 unspecified atom stereocenters. The number of hydrogen-bond donors (Lipinski definition) is 0. The van der Waals surface area contributed by atoms with E-state index in [-0.39, 0.29) is 24.4 Å². The van der Waals surface area contributed by atoms with Crippen molar-refractivity contribution < 1.29 is 9.18 Å². The molecule has 0 radical (unpaired) electrons. The smallest absolute Gasteiger partial charge is 0.164 e. The van der Waals surface area contributed by atoms with Gasteiger partial charge in [0.25, 0.3) is 0 Å². The molecule has 1 rings (SSSR count). The second-order valence-electron chi connectivity index (χ2n) is 3.05. The predicted octanol–water partition coefficient (Wildman–Crippen LogP) is 2.62. The van der Waals surface area contributed by atoms with Gasteiger partial charge in [-0.3, -0.25) is 4.79 Å². The molecule has 0 N–H and O–H groups in total. The molecule has 3 heteroatoms. The van der Waals surface area contributed by atoms with E-state index in [1.54, 1.807) is 19.1 Å². The summed E-state index contributed by atoms with van der Waals surface area (Å²) in [6.07, 6.45) is 0.327. The van der Waals surface area contributed by atoms with Gasteiger partial charge in [-0.05, 0) is 18.6 Å². The van der Waals surface area contributed by atoms with Gasteiger partial charge in [-0.15, -0.1) is 0 Å². The second-order valence-corrected chi connectivity index (χ2v) is 3.05. The normalized spacial score (nSPS) is 9.50. The van der Waals surface area contributed by atoms with Crippen molar-refractivity contribution in [1.29, 1.82) is 5.26 Å².